The lowest BCUT2D eigenvalue weighted by Crippen LogP contribution is -2.25. The zero-order valence-electron chi connectivity index (χ0n) is 11.4. The van der Waals surface area contributed by atoms with Gasteiger partial charge in [0.25, 0.3) is 7.52 Å². The molecule has 98 valence electrons. The van der Waals surface area contributed by atoms with Gasteiger partial charge in [-0.05, 0) is 19.3 Å². The van der Waals surface area contributed by atoms with E-state index < -0.39 is 7.52 Å². The Morgan fingerprint density at radius 1 is 1.00 bits per heavy atom. The first-order valence-corrected chi connectivity index (χ1v) is 8.39. The highest BCUT2D eigenvalue weighted by Crippen LogP contribution is 2.50. The summed E-state index contributed by atoms with van der Waals surface area (Å²) in [5, 5.41) is 0. The Balaban J connectivity index is 4.40. The maximum absolute atomic E-state index is 12.6. The van der Waals surface area contributed by atoms with E-state index in [0.717, 1.165) is 38.8 Å². The molecule has 0 aliphatic rings. The van der Waals surface area contributed by atoms with Crippen molar-refractivity contribution in [3.8, 4) is 0 Å². The van der Waals surface area contributed by atoms with Gasteiger partial charge >= 0.3 is 0 Å². The van der Waals surface area contributed by atoms with Gasteiger partial charge in [0.15, 0.2) is 0 Å². The molecule has 0 aromatic carbocycles. The van der Waals surface area contributed by atoms with Crippen molar-refractivity contribution < 1.29 is 9.09 Å². The summed E-state index contributed by atoms with van der Waals surface area (Å²) in [5.74, 6) is 0. The summed E-state index contributed by atoms with van der Waals surface area (Å²) in [7, 11) is -2.54. The van der Waals surface area contributed by atoms with Crippen LogP contribution in [0, 0.1) is 0 Å². The minimum atomic E-state index is -2.54. The fraction of sp³-hybridized carbons (Fsp3) is 1.00. The van der Waals surface area contributed by atoms with Gasteiger partial charge in [0, 0.05) is 19.3 Å². The van der Waals surface area contributed by atoms with Crippen molar-refractivity contribution in [3.05, 3.63) is 0 Å². The molecule has 0 radical (unpaired) electrons. The van der Waals surface area contributed by atoms with Gasteiger partial charge in [0.1, 0.15) is 0 Å². The van der Waals surface area contributed by atoms with Gasteiger partial charge in [-0.1, -0.05) is 34.1 Å². The van der Waals surface area contributed by atoms with Gasteiger partial charge in [-0.15, -0.1) is 0 Å². The Morgan fingerprint density at radius 3 is 1.94 bits per heavy atom. The summed E-state index contributed by atoms with van der Waals surface area (Å²) in [6.07, 6.45) is 4.76. The normalized spacial score (nSPS) is 15.3. The van der Waals surface area contributed by atoms with Crippen LogP contribution < -0.4 is 0 Å². The van der Waals surface area contributed by atoms with Crippen LogP contribution in [0.25, 0.3) is 0 Å². The van der Waals surface area contributed by atoms with Crippen molar-refractivity contribution in [1.82, 2.24) is 4.67 Å². The van der Waals surface area contributed by atoms with Gasteiger partial charge in [-0.3, -0.25) is 4.57 Å². The molecule has 4 heteroatoms. The van der Waals surface area contributed by atoms with Crippen molar-refractivity contribution in [2.45, 2.75) is 53.4 Å². The lowest BCUT2D eigenvalue weighted by atomic mass is 10.4. The van der Waals surface area contributed by atoms with Crippen molar-refractivity contribution in [2.75, 3.05) is 25.9 Å². The van der Waals surface area contributed by atoms with Crippen LogP contribution in [0.1, 0.15) is 53.4 Å². The molecule has 0 amide bonds. The zero-order valence-corrected chi connectivity index (χ0v) is 12.3. The maximum atomic E-state index is 12.6. The van der Waals surface area contributed by atoms with E-state index in [1.807, 2.05) is 6.92 Å². The van der Waals surface area contributed by atoms with Crippen LogP contribution in [0.2, 0.25) is 0 Å². The van der Waals surface area contributed by atoms with Crippen molar-refractivity contribution in [3.63, 3.8) is 0 Å². The number of hydrogen-bond donors (Lipinski definition) is 0. The average molecular weight is 249 g/mol. The summed E-state index contributed by atoms with van der Waals surface area (Å²) >= 11 is 0. The fourth-order valence-electron chi connectivity index (χ4n) is 1.66. The largest absolute Gasteiger partial charge is 0.317 e. The second-order valence-corrected chi connectivity index (χ2v) is 6.83. The van der Waals surface area contributed by atoms with E-state index in [1.54, 1.807) is 0 Å². The number of nitrogens with zero attached hydrogens (tertiary/aromatic N) is 1. The first kappa shape index (κ1) is 16.1. The second-order valence-electron chi connectivity index (χ2n) is 4.09. The SMILES string of the molecule is CCCCOP(=O)(CC)N(CCC)CCC. The summed E-state index contributed by atoms with van der Waals surface area (Å²) in [4.78, 5) is 0. The van der Waals surface area contributed by atoms with E-state index in [0.29, 0.717) is 12.8 Å². The molecule has 0 N–H and O–H groups in total. The number of rotatable bonds is 10. The van der Waals surface area contributed by atoms with Gasteiger partial charge in [0.05, 0.1) is 6.61 Å². The molecule has 0 aliphatic heterocycles. The first-order chi connectivity index (χ1) is 7.64. The lowest BCUT2D eigenvalue weighted by Gasteiger charge is -2.30. The monoisotopic (exact) mass is 249 g/mol. The minimum absolute atomic E-state index is 0.622. The van der Waals surface area contributed by atoms with Crippen LogP contribution >= 0.6 is 7.52 Å². The van der Waals surface area contributed by atoms with Crippen LogP contribution in [-0.2, 0) is 9.09 Å². The van der Waals surface area contributed by atoms with E-state index in [2.05, 4.69) is 25.4 Å². The summed E-state index contributed by atoms with van der Waals surface area (Å²) in [6.45, 7) is 10.7. The molecule has 0 saturated heterocycles. The maximum Gasteiger partial charge on any atom is 0.272 e. The molecule has 0 fully saturated rings. The van der Waals surface area contributed by atoms with Crippen molar-refractivity contribution in [2.24, 2.45) is 0 Å². The van der Waals surface area contributed by atoms with Crippen LogP contribution in [0.5, 0.6) is 0 Å². The third kappa shape index (κ3) is 5.47. The molecule has 3 nitrogen and oxygen atoms in total. The molecule has 0 rings (SSSR count). The third-order valence-electron chi connectivity index (χ3n) is 2.58. The summed E-state index contributed by atoms with van der Waals surface area (Å²) < 4.78 is 20.4. The molecule has 16 heavy (non-hydrogen) atoms. The predicted molar refractivity (Wildman–Crippen MR) is 71.2 cm³/mol. The molecule has 1 atom stereocenters. The molecular formula is C12H28NO2P. The molecule has 0 aliphatic carbocycles. The summed E-state index contributed by atoms with van der Waals surface area (Å²) in [6, 6.07) is 0. The van der Waals surface area contributed by atoms with Crippen molar-refractivity contribution in [1.29, 1.82) is 0 Å². The van der Waals surface area contributed by atoms with E-state index in [-0.39, 0.29) is 0 Å². The molecule has 0 spiro atoms. The summed E-state index contributed by atoms with van der Waals surface area (Å²) in [5.41, 5.74) is 0. The first-order valence-electron chi connectivity index (χ1n) is 6.63. The minimum Gasteiger partial charge on any atom is -0.317 e. The Hall–Kier alpha value is 0.150. The molecule has 0 saturated carbocycles. The fourth-order valence-corrected chi connectivity index (χ4v) is 3.83. The topological polar surface area (TPSA) is 29.5 Å². The molecule has 0 heterocycles. The van der Waals surface area contributed by atoms with E-state index >= 15 is 0 Å². The predicted octanol–water partition coefficient (Wildman–Crippen LogP) is 4.14. The van der Waals surface area contributed by atoms with E-state index in [9.17, 15) is 4.57 Å². The van der Waals surface area contributed by atoms with Crippen LogP contribution in [-0.4, -0.2) is 30.5 Å². The van der Waals surface area contributed by atoms with E-state index in [1.165, 1.54) is 0 Å². The molecule has 0 aromatic rings. The Bertz CT molecular complexity index is 203. The van der Waals surface area contributed by atoms with Crippen molar-refractivity contribution >= 4 is 7.52 Å². The number of hydrogen-bond acceptors (Lipinski definition) is 2. The van der Waals surface area contributed by atoms with Gasteiger partial charge in [-0.2, -0.15) is 0 Å². The smallest absolute Gasteiger partial charge is 0.272 e. The quantitative estimate of drug-likeness (QED) is 0.430. The second kappa shape index (κ2) is 9.21. The van der Waals surface area contributed by atoms with Gasteiger partial charge in [0.2, 0.25) is 0 Å². The standard InChI is InChI=1S/C12H28NO2P/c1-5-9-12-15-16(14,8-4)13(10-6-2)11-7-3/h5-12H2,1-4H3. The lowest BCUT2D eigenvalue weighted by molar-refractivity contribution is 0.254. The average Bonchev–Trinajstić information content (AvgIpc) is 2.29. The highest BCUT2D eigenvalue weighted by molar-refractivity contribution is 7.56. The Morgan fingerprint density at radius 2 is 1.56 bits per heavy atom. The van der Waals surface area contributed by atoms with Gasteiger partial charge in [-0.25, -0.2) is 4.67 Å². The highest BCUT2D eigenvalue weighted by Gasteiger charge is 2.28. The van der Waals surface area contributed by atoms with E-state index in [4.69, 9.17) is 4.52 Å². The molecule has 0 aromatic heterocycles. The molecule has 0 bridgehead atoms. The Labute approximate surface area is 101 Å². The van der Waals surface area contributed by atoms with Crippen LogP contribution in [0.3, 0.4) is 0 Å². The van der Waals surface area contributed by atoms with Gasteiger partial charge < -0.3 is 4.52 Å². The van der Waals surface area contributed by atoms with Crippen LogP contribution in [0.15, 0.2) is 0 Å². The zero-order chi connectivity index (χ0) is 12.4. The highest BCUT2D eigenvalue weighted by atomic mass is 31.2. The number of unbranched alkanes of at least 4 members (excludes halogenated alkanes) is 1. The Kier molecular flexibility index (Phi) is 9.29. The molecule has 1 unspecified atom stereocenters. The third-order valence-corrected chi connectivity index (χ3v) is 5.23. The molecular weight excluding hydrogens is 221 g/mol. The van der Waals surface area contributed by atoms with Crippen LogP contribution in [0.4, 0.5) is 0 Å².